The minimum absolute atomic E-state index is 0.0299. The van der Waals surface area contributed by atoms with Crippen LogP contribution in [0, 0.1) is 6.92 Å². The van der Waals surface area contributed by atoms with Crippen molar-refractivity contribution >= 4 is 38.1 Å². The molecule has 0 unspecified atom stereocenters. The molecule has 1 N–H and O–H groups in total. The molecule has 3 rings (SSSR count). The van der Waals surface area contributed by atoms with Crippen molar-refractivity contribution < 1.29 is 22.7 Å². The summed E-state index contributed by atoms with van der Waals surface area (Å²) in [6, 6.07) is 18.9. The van der Waals surface area contributed by atoms with Crippen LogP contribution in [-0.4, -0.2) is 45.6 Å². The summed E-state index contributed by atoms with van der Waals surface area (Å²) in [5, 5.41) is 3.97. The number of nitrogens with one attached hydrogen (secondary N) is 1. The average molecular weight is 560 g/mol. The molecule has 0 aliphatic rings. The molecule has 0 atom stereocenters. The number of carbonyl (C=O) groups is 1. The van der Waals surface area contributed by atoms with Gasteiger partial charge in [0.2, 0.25) is 10.0 Å². The Balaban J connectivity index is 1.79. The number of halogens is 1. The van der Waals surface area contributed by atoms with Gasteiger partial charge in [-0.05, 0) is 48.9 Å². The SMILES string of the molecule is COc1ccc(/C=N\NC(=O)CN(Cc2ccc(C)cc2)S(=O)(=O)c2ccc(Br)cc2)c(OC)c1. The molecule has 0 radical (unpaired) electrons. The van der Waals surface area contributed by atoms with Crippen molar-refractivity contribution in [3.05, 3.63) is 87.9 Å². The van der Waals surface area contributed by atoms with Crippen molar-refractivity contribution in [1.29, 1.82) is 0 Å². The number of hydrogen-bond acceptors (Lipinski definition) is 6. The fourth-order valence-electron chi connectivity index (χ4n) is 3.17. The molecule has 0 fully saturated rings. The Bertz CT molecular complexity index is 1290. The molecule has 0 bridgehead atoms. The van der Waals surface area contributed by atoms with Gasteiger partial charge in [0.25, 0.3) is 5.91 Å². The van der Waals surface area contributed by atoms with E-state index in [1.165, 1.54) is 25.5 Å². The Morgan fingerprint density at radius 1 is 1.03 bits per heavy atom. The summed E-state index contributed by atoms with van der Waals surface area (Å²) < 4.78 is 39.1. The molecule has 10 heteroatoms. The van der Waals surface area contributed by atoms with E-state index in [0.717, 1.165) is 19.9 Å². The third kappa shape index (κ3) is 7.14. The van der Waals surface area contributed by atoms with Gasteiger partial charge in [-0.2, -0.15) is 9.41 Å². The second kappa shape index (κ2) is 12.0. The van der Waals surface area contributed by atoms with Crippen LogP contribution >= 0.6 is 15.9 Å². The molecular formula is C25H26BrN3O5S. The number of aryl methyl sites for hydroxylation is 1. The largest absolute Gasteiger partial charge is 0.497 e. The number of carbonyl (C=O) groups excluding carboxylic acids is 1. The lowest BCUT2D eigenvalue weighted by Crippen LogP contribution is -2.39. The fourth-order valence-corrected chi connectivity index (χ4v) is 4.82. The molecule has 8 nitrogen and oxygen atoms in total. The zero-order valence-electron chi connectivity index (χ0n) is 19.6. The van der Waals surface area contributed by atoms with Crippen molar-refractivity contribution in [2.24, 2.45) is 5.10 Å². The monoisotopic (exact) mass is 559 g/mol. The number of hydrogen-bond donors (Lipinski definition) is 1. The van der Waals surface area contributed by atoms with Gasteiger partial charge < -0.3 is 9.47 Å². The first-order chi connectivity index (χ1) is 16.7. The summed E-state index contributed by atoms with van der Waals surface area (Å²) in [4.78, 5) is 12.8. The van der Waals surface area contributed by atoms with E-state index >= 15 is 0 Å². The van der Waals surface area contributed by atoms with Gasteiger partial charge in [-0.25, -0.2) is 13.8 Å². The predicted octanol–water partition coefficient (Wildman–Crippen LogP) is 4.12. The molecule has 3 aromatic carbocycles. The molecule has 184 valence electrons. The smallest absolute Gasteiger partial charge is 0.255 e. The molecular weight excluding hydrogens is 534 g/mol. The first-order valence-corrected chi connectivity index (χ1v) is 12.8. The van der Waals surface area contributed by atoms with E-state index in [-0.39, 0.29) is 11.4 Å². The summed E-state index contributed by atoms with van der Waals surface area (Å²) in [5.74, 6) is 0.552. The molecule has 1 amide bonds. The Hall–Kier alpha value is -3.21. The van der Waals surface area contributed by atoms with Crippen LogP contribution in [0.2, 0.25) is 0 Å². The van der Waals surface area contributed by atoms with E-state index in [2.05, 4.69) is 26.5 Å². The summed E-state index contributed by atoms with van der Waals surface area (Å²) in [6.07, 6.45) is 1.42. The van der Waals surface area contributed by atoms with Crippen LogP contribution in [0.5, 0.6) is 11.5 Å². The third-order valence-corrected chi connectivity index (χ3v) is 7.42. The second-order valence-electron chi connectivity index (χ2n) is 7.61. The van der Waals surface area contributed by atoms with E-state index in [1.807, 2.05) is 31.2 Å². The highest BCUT2D eigenvalue weighted by Gasteiger charge is 2.27. The quantitative estimate of drug-likeness (QED) is 0.297. The Kier molecular flexibility index (Phi) is 9.02. The molecule has 0 heterocycles. The first-order valence-electron chi connectivity index (χ1n) is 10.6. The molecule has 0 aliphatic carbocycles. The van der Waals surface area contributed by atoms with Crippen LogP contribution in [0.25, 0.3) is 0 Å². The van der Waals surface area contributed by atoms with Crippen LogP contribution in [0.3, 0.4) is 0 Å². The van der Waals surface area contributed by atoms with Crippen LogP contribution in [0.1, 0.15) is 16.7 Å². The standard InChI is InChI=1S/C25H26BrN3O5S/c1-18-4-6-19(7-5-18)16-29(35(31,32)23-12-9-21(26)10-13-23)17-25(30)28-27-15-20-8-11-22(33-2)14-24(20)34-3/h4-15H,16-17H2,1-3H3,(H,28,30)/b27-15-. The van der Waals surface area contributed by atoms with E-state index in [9.17, 15) is 13.2 Å². The maximum atomic E-state index is 13.4. The number of benzene rings is 3. The third-order valence-electron chi connectivity index (χ3n) is 5.08. The lowest BCUT2D eigenvalue weighted by molar-refractivity contribution is -0.121. The van der Waals surface area contributed by atoms with Crippen molar-refractivity contribution in [2.75, 3.05) is 20.8 Å². The maximum Gasteiger partial charge on any atom is 0.255 e. The number of hydrazone groups is 1. The lowest BCUT2D eigenvalue weighted by Gasteiger charge is -2.21. The molecule has 0 saturated heterocycles. The van der Waals surface area contributed by atoms with E-state index in [1.54, 1.807) is 37.4 Å². The number of sulfonamides is 1. The van der Waals surface area contributed by atoms with Crippen molar-refractivity contribution in [3.8, 4) is 11.5 Å². The first kappa shape index (κ1) is 26.4. The predicted molar refractivity (Wildman–Crippen MR) is 138 cm³/mol. The van der Waals surface area contributed by atoms with Gasteiger partial charge in [-0.3, -0.25) is 4.79 Å². The summed E-state index contributed by atoms with van der Waals surface area (Å²) in [5.41, 5.74) is 4.83. The number of amides is 1. The Morgan fingerprint density at radius 3 is 2.34 bits per heavy atom. The van der Waals surface area contributed by atoms with Crippen molar-refractivity contribution in [3.63, 3.8) is 0 Å². The number of rotatable bonds is 10. The molecule has 0 aliphatic heterocycles. The van der Waals surface area contributed by atoms with E-state index in [4.69, 9.17) is 9.47 Å². The minimum Gasteiger partial charge on any atom is -0.497 e. The van der Waals surface area contributed by atoms with Crippen LogP contribution in [0.4, 0.5) is 0 Å². The molecule has 0 spiro atoms. The topological polar surface area (TPSA) is 97.3 Å². The maximum absolute atomic E-state index is 13.4. The molecule has 35 heavy (non-hydrogen) atoms. The molecule has 0 saturated carbocycles. The highest BCUT2D eigenvalue weighted by Crippen LogP contribution is 2.23. The fraction of sp³-hybridized carbons (Fsp3) is 0.200. The van der Waals surface area contributed by atoms with Crippen molar-refractivity contribution in [2.45, 2.75) is 18.4 Å². The lowest BCUT2D eigenvalue weighted by atomic mass is 10.1. The van der Waals surface area contributed by atoms with Gasteiger partial charge in [0.05, 0.1) is 31.9 Å². The summed E-state index contributed by atoms with van der Waals surface area (Å²) in [7, 11) is -0.887. The van der Waals surface area contributed by atoms with Crippen LogP contribution < -0.4 is 14.9 Å². The Labute approximate surface area is 213 Å². The highest BCUT2D eigenvalue weighted by atomic mass is 79.9. The zero-order valence-corrected chi connectivity index (χ0v) is 22.0. The second-order valence-corrected chi connectivity index (χ2v) is 10.5. The van der Waals surface area contributed by atoms with Gasteiger partial charge in [-0.15, -0.1) is 0 Å². The summed E-state index contributed by atoms with van der Waals surface area (Å²) in [6.45, 7) is 1.56. The van der Waals surface area contributed by atoms with Gasteiger partial charge in [-0.1, -0.05) is 45.8 Å². The number of methoxy groups -OCH3 is 2. The number of ether oxygens (including phenoxy) is 2. The van der Waals surface area contributed by atoms with Gasteiger partial charge in [0, 0.05) is 22.6 Å². The van der Waals surface area contributed by atoms with Gasteiger partial charge in [0.15, 0.2) is 0 Å². The number of nitrogens with zero attached hydrogens (tertiary/aromatic N) is 2. The molecule has 0 aromatic heterocycles. The highest BCUT2D eigenvalue weighted by molar-refractivity contribution is 9.10. The normalized spacial score (nSPS) is 11.6. The Morgan fingerprint density at radius 2 is 1.71 bits per heavy atom. The van der Waals surface area contributed by atoms with Gasteiger partial charge >= 0.3 is 0 Å². The van der Waals surface area contributed by atoms with Gasteiger partial charge in [0.1, 0.15) is 11.5 Å². The van der Waals surface area contributed by atoms with E-state index in [0.29, 0.717) is 17.1 Å². The average Bonchev–Trinajstić information content (AvgIpc) is 2.85. The molecule has 3 aromatic rings. The minimum atomic E-state index is -3.95. The van der Waals surface area contributed by atoms with Crippen LogP contribution in [0.15, 0.2) is 81.2 Å². The van der Waals surface area contributed by atoms with Crippen LogP contribution in [-0.2, 0) is 21.4 Å². The summed E-state index contributed by atoms with van der Waals surface area (Å²) >= 11 is 3.31. The van der Waals surface area contributed by atoms with E-state index < -0.39 is 22.5 Å². The zero-order chi connectivity index (χ0) is 25.4. The van der Waals surface area contributed by atoms with Crippen molar-refractivity contribution in [1.82, 2.24) is 9.73 Å².